The molecule has 1 aromatic rings. The summed E-state index contributed by atoms with van der Waals surface area (Å²) in [6, 6.07) is 0.530. The van der Waals surface area contributed by atoms with Gasteiger partial charge in [0.15, 0.2) is 0 Å². The van der Waals surface area contributed by atoms with Crippen LogP contribution in [-0.4, -0.2) is 41.3 Å². The van der Waals surface area contributed by atoms with Gasteiger partial charge < -0.3 is 20.1 Å². The van der Waals surface area contributed by atoms with Crippen molar-refractivity contribution in [2.24, 2.45) is 0 Å². The maximum atomic E-state index is 12.3. The van der Waals surface area contributed by atoms with Crippen LogP contribution in [0.15, 0.2) is 12.4 Å². The molecule has 144 valence electrons. The van der Waals surface area contributed by atoms with E-state index in [1.165, 1.54) is 25.7 Å². The third-order valence-electron chi connectivity index (χ3n) is 5.30. The zero-order valence-electron chi connectivity index (χ0n) is 15.6. The van der Waals surface area contributed by atoms with Crippen molar-refractivity contribution in [2.75, 3.05) is 7.11 Å². The van der Waals surface area contributed by atoms with E-state index in [0.29, 0.717) is 17.8 Å². The predicted octanol–water partition coefficient (Wildman–Crippen LogP) is 3.20. The van der Waals surface area contributed by atoms with Gasteiger partial charge in [0.1, 0.15) is 6.10 Å². The van der Waals surface area contributed by atoms with E-state index in [2.05, 4.69) is 20.6 Å². The molecule has 2 aliphatic carbocycles. The highest BCUT2D eigenvalue weighted by Crippen LogP contribution is 2.27. The Kier molecular flexibility index (Phi) is 6.91. The molecule has 7 heteroatoms. The molecule has 0 bridgehead atoms. The van der Waals surface area contributed by atoms with Gasteiger partial charge in [-0.1, -0.05) is 25.7 Å². The van der Waals surface area contributed by atoms with Gasteiger partial charge in [-0.15, -0.1) is 0 Å². The first-order chi connectivity index (χ1) is 12.7. The van der Waals surface area contributed by atoms with Crippen LogP contribution in [0.4, 0.5) is 4.79 Å². The zero-order chi connectivity index (χ0) is 18.2. The topological polar surface area (TPSA) is 85.4 Å². The Morgan fingerprint density at radius 2 is 1.46 bits per heavy atom. The number of nitrogens with one attached hydrogen (secondary N) is 2. The number of carbonyl (C=O) groups is 1. The van der Waals surface area contributed by atoms with Crippen LogP contribution in [0, 0.1) is 0 Å². The van der Waals surface area contributed by atoms with Crippen molar-refractivity contribution < 1.29 is 14.3 Å². The number of nitrogens with zero attached hydrogens (tertiary/aromatic N) is 2. The van der Waals surface area contributed by atoms with Gasteiger partial charge in [-0.3, -0.25) is 0 Å². The van der Waals surface area contributed by atoms with Crippen LogP contribution >= 0.6 is 0 Å². The van der Waals surface area contributed by atoms with E-state index in [-0.39, 0.29) is 18.2 Å². The number of hydrogen-bond donors (Lipinski definition) is 2. The number of aromatic nitrogens is 2. The van der Waals surface area contributed by atoms with Gasteiger partial charge in [0.2, 0.25) is 0 Å². The van der Waals surface area contributed by atoms with Crippen molar-refractivity contribution in [1.82, 2.24) is 20.6 Å². The molecule has 0 aromatic carbocycles. The monoisotopic (exact) mass is 362 g/mol. The van der Waals surface area contributed by atoms with Crippen molar-refractivity contribution in [3.8, 4) is 11.8 Å². The van der Waals surface area contributed by atoms with Gasteiger partial charge in [0.05, 0.1) is 7.11 Å². The maximum absolute atomic E-state index is 12.3. The lowest BCUT2D eigenvalue weighted by atomic mass is 9.93. The lowest BCUT2D eigenvalue weighted by molar-refractivity contribution is 0.128. The minimum atomic E-state index is -0.0168. The van der Waals surface area contributed by atoms with Gasteiger partial charge in [-0.05, 0) is 38.5 Å². The first-order valence-corrected chi connectivity index (χ1v) is 9.83. The molecule has 2 aliphatic rings. The summed E-state index contributed by atoms with van der Waals surface area (Å²) in [6.07, 6.45) is 14.1. The average molecular weight is 362 g/mol. The van der Waals surface area contributed by atoms with Gasteiger partial charge in [0.25, 0.3) is 11.8 Å². The predicted molar refractivity (Wildman–Crippen MR) is 98.4 cm³/mol. The van der Waals surface area contributed by atoms with Crippen molar-refractivity contribution in [2.45, 2.75) is 82.4 Å². The number of hydrogen-bond acceptors (Lipinski definition) is 5. The molecular formula is C19H30N4O3. The Morgan fingerprint density at radius 3 is 2.08 bits per heavy atom. The molecule has 0 saturated heterocycles. The highest BCUT2D eigenvalue weighted by atomic mass is 16.5. The molecule has 0 atom stereocenters. The van der Waals surface area contributed by atoms with Crippen molar-refractivity contribution >= 4 is 6.03 Å². The standard InChI is InChI=1S/C19H30N4O3/c1-25-17-18(21-13-12-20-17)26-16-10-8-15(9-11-16)23-19(24)22-14-6-4-2-3-5-7-14/h12-16H,2-11H2,1H3,(H2,22,23,24). The van der Waals surface area contributed by atoms with Crippen LogP contribution in [-0.2, 0) is 0 Å². The highest BCUT2D eigenvalue weighted by Gasteiger charge is 2.25. The molecule has 3 rings (SSSR count). The van der Waals surface area contributed by atoms with Crippen LogP contribution in [0.1, 0.15) is 64.2 Å². The van der Waals surface area contributed by atoms with Crippen LogP contribution in [0.5, 0.6) is 11.8 Å². The summed E-state index contributed by atoms with van der Waals surface area (Å²) in [5.74, 6) is 0.855. The Hall–Kier alpha value is -2.05. The number of methoxy groups -OCH3 is 1. The Bertz CT molecular complexity index is 568. The molecule has 2 fully saturated rings. The minimum absolute atomic E-state index is 0.0168. The van der Waals surface area contributed by atoms with E-state index in [4.69, 9.17) is 9.47 Å². The molecule has 2 saturated carbocycles. The molecule has 1 aromatic heterocycles. The number of rotatable bonds is 5. The Balaban J connectivity index is 1.40. The van der Waals surface area contributed by atoms with E-state index >= 15 is 0 Å². The fraction of sp³-hybridized carbons (Fsp3) is 0.737. The normalized spacial score (nSPS) is 24.3. The van der Waals surface area contributed by atoms with Crippen LogP contribution in [0.25, 0.3) is 0 Å². The molecule has 2 amide bonds. The SMILES string of the molecule is COc1nccnc1OC1CCC(NC(=O)NC2CCCCCC2)CC1. The third-order valence-corrected chi connectivity index (χ3v) is 5.30. The minimum Gasteiger partial charge on any atom is -0.477 e. The Morgan fingerprint density at radius 1 is 0.885 bits per heavy atom. The average Bonchev–Trinajstić information content (AvgIpc) is 2.92. The molecule has 0 unspecified atom stereocenters. The molecule has 26 heavy (non-hydrogen) atoms. The van der Waals surface area contributed by atoms with Gasteiger partial charge in [-0.25, -0.2) is 14.8 Å². The third kappa shape index (κ3) is 5.47. The Labute approximate surface area is 155 Å². The summed E-state index contributed by atoms with van der Waals surface area (Å²) in [5.41, 5.74) is 0. The number of ether oxygens (including phenoxy) is 2. The summed E-state index contributed by atoms with van der Waals surface area (Å²) in [4.78, 5) is 20.6. The van der Waals surface area contributed by atoms with E-state index < -0.39 is 0 Å². The van der Waals surface area contributed by atoms with Gasteiger partial charge in [-0.2, -0.15) is 0 Å². The second-order valence-electron chi connectivity index (χ2n) is 7.27. The van der Waals surface area contributed by atoms with Crippen molar-refractivity contribution in [3.05, 3.63) is 12.4 Å². The van der Waals surface area contributed by atoms with Crippen molar-refractivity contribution in [3.63, 3.8) is 0 Å². The molecule has 7 nitrogen and oxygen atoms in total. The quantitative estimate of drug-likeness (QED) is 0.786. The second-order valence-corrected chi connectivity index (χ2v) is 7.27. The van der Waals surface area contributed by atoms with Crippen LogP contribution < -0.4 is 20.1 Å². The molecule has 1 heterocycles. The van der Waals surface area contributed by atoms with Crippen LogP contribution in [0.3, 0.4) is 0 Å². The molecule has 0 radical (unpaired) electrons. The lowest BCUT2D eigenvalue weighted by Crippen LogP contribution is -2.47. The molecular weight excluding hydrogens is 332 g/mol. The zero-order valence-corrected chi connectivity index (χ0v) is 15.6. The number of urea groups is 1. The van der Waals surface area contributed by atoms with Gasteiger partial charge >= 0.3 is 6.03 Å². The fourth-order valence-electron chi connectivity index (χ4n) is 3.85. The van der Waals surface area contributed by atoms with E-state index in [0.717, 1.165) is 38.5 Å². The number of carbonyl (C=O) groups excluding carboxylic acids is 1. The summed E-state index contributed by atoms with van der Waals surface area (Å²) in [6.45, 7) is 0. The number of amides is 2. The largest absolute Gasteiger partial charge is 0.477 e. The fourth-order valence-corrected chi connectivity index (χ4v) is 3.85. The van der Waals surface area contributed by atoms with Gasteiger partial charge in [0, 0.05) is 24.5 Å². The summed E-state index contributed by atoms with van der Waals surface area (Å²) < 4.78 is 11.1. The second kappa shape index (κ2) is 9.59. The molecule has 0 spiro atoms. The first kappa shape index (κ1) is 18.7. The lowest BCUT2D eigenvalue weighted by Gasteiger charge is -2.30. The van der Waals surface area contributed by atoms with Crippen LogP contribution in [0.2, 0.25) is 0 Å². The molecule has 2 N–H and O–H groups in total. The smallest absolute Gasteiger partial charge is 0.315 e. The van der Waals surface area contributed by atoms with E-state index in [9.17, 15) is 4.79 Å². The van der Waals surface area contributed by atoms with E-state index in [1.54, 1.807) is 19.5 Å². The summed E-state index contributed by atoms with van der Waals surface area (Å²) in [7, 11) is 1.56. The van der Waals surface area contributed by atoms with E-state index in [1.807, 2.05) is 0 Å². The summed E-state index contributed by atoms with van der Waals surface area (Å²) >= 11 is 0. The van der Waals surface area contributed by atoms with Crippen molar-refractivity contribution in [1.29, 1.82) is 0 Å². The first-order valence-electron chi connectivity index (χ1n) is 9.83. The highest BCUT2D eigenvalue weighted by molar-refractivity contribution is 5.74. The molecule has 0 aliphatic heterocycles. The maximum Gasteiger partial charge on any atom is 0.315 e. The summed E-state index contributed by atoms with van der Waals surface area (Å²) in [5, 5.41) is 6.29.